The Balaban J connectivity index is 1.95. The van der Waals surface area contributed by atoms with Crippen molar-refractivity contribution in [1.29, 1.82) is 0 Å². The van der Waals surface area contributed by atoms with Crippen LogP contribution in [0.1, 0.15) is 13.8 Å². The average Bonchev–Trinajstić information content (AvgIpc) is 2.52. The minimum Gasteiger partial charge on any atom is -0.372 e. The molecule has 0 fully saturated rings. The van der Waals surface area contributed by atoms with E-state index in [1.165, 1.54) is 0 Å². The molecule has 0 saturated carbocycles. The van der Waals surface area contributed by atoms with E-state index in [0.29, 0.717) is 10.7 Å². The molecule has 22 heavy (non-hydrogen) atoms. The average molecular weight is 318 g/mol. The maximum Gasteiger partial charge on any atom is 0.323 e. The van der Waals surface area contributed by atoms with Crippen LogP contribution in [0.5, 0.6) is 0 Å². The summed E-state index contributed by atoms with van der Waals surface area (Å²) in [6.07, 6.45) is 0. The van der Waals surface area contributed by atoms with Gasteiger partial charge < -0.3 is 15.5 Å². The van der Waals surface area contributed by atoms with Crippen molar-refractivity contribution < 1.29 is 4.79 Å². The van der Waals surface area contributed by atoms with Crippen LogP contribution in [-0.4, -0.2) is 19.1 Å². The van der Waals surface area contributed by atoms with Crippen LogP contribution in [0, 0.1) is 0 Å². The highest BCUT2D eigenvalue weighted by Crippen LogP contribution is 2.18. The van der Waals surface area contributed by atoms with Crippen LogP contribution in [0.15, 0.2) is 48.5 Å². The summed E-state index contributed by atoms with van der Waals surface area (Å²) in [4.78, 5) is 14.2. The normalized spacial score (nSPS) is 10.1. The molecule has 0 aliphatic carbocycles. The van der Waals surface area contributed by atoms with Gasteiger partial charge in [-0.15, -0.1) is 0 Å². The number of benzene rings is 2. The van der Waals surface area contributed by atoms with Crippen molar-refractivity contribution in [2.24, 2.45) is 0 Å². The number of hydrogen-bond donors (Lipinski definition) is 2. The highest BCUT2D eigenvalue weighted by Gasteiger charge is 2.04. The van der Waals surface area contributed by atoms with Gasteiger partial charge in [0.1, 0.15) is 0 Å². The third-order valence-corrected chi connectivity index (χ3v) is 3.61. The quantitative estimate of drug-likeness (QED) is 0.829. The van der Waals surface area contributed by atoms with Crippen LogP contribution in [0.4, 0.5) is 21.9 Å². The van der Waals surface area contributed by atoms with E-state index in [1.54, 1.807) is 24.3 Å². The molecule has 4 nitrogen and oxygen atoms in total. The first kappa shape index (κ1) is 16.2. The number of carbonyl (C=O) groups excluding carboxylic acids is 1. The molecule has 2 N–H and O–H groups in total. The standard InChI is InChI=1S/C17H20ClN3O/c1-3-21(4-2)16-11-9-15(10-12-16)20-17(22)19-14-7-5-13(18)6-8-14/h5-12H,3-4H2,1-2H3,(H2,19,20,22). The molecular weight excluding hydrogens is 298 g/mol. The Kier molecular flexibility index (Phi) is 5.67. The number of rotatable bonds is 5. The zero-order chi connectivity index (χ0) is 15.9. The Labute approximate surface area is 136 Å². The molecule has 116 valence electrons. The number of halogens is 1. The minimum atomic E-state index is -0.280. The van der Waals surface area contributed by atoms with Crippen molar-refractivity contribution in [3.05, 3.63) is 53.6 Å². The highest BCUT2D eigenvalue weighted by atomic mass is 35.5. The molecule has 0 aliphatic heterocycles. The van der Waals surface area contributed by atoms with Gasteiger partial charge in [0.15, 0.2) is 0 Å². The van der Waals surface area contributed by atoms with Crippen molar-refractivity contribution in [2.75, 3.05) is 28.6 Å². The predicted molar refractivity (Wildman–Crippen MR) is 94.1 cm³/mol. The maximum atomic E-state index is 11.9. The van der Waals surface area contributed by atoms with E-state index in [0.717, 1.165) is 24.5 Å². The predicted octanol–water partition coefficient (Wildman–Crippen LogP) is 4.83. The van der Waals surface area contributed by atoms with Gasteiger partial charge in [-0.05, 0) is 62.4 Å². The molecule has 0 spiro atoms. The van der Waals surface area contributed by atoms with Crippen molar-refractivity contribution in [1.82, 2.24) is 0 Å². The number of anilines is 3. The third-order valence-electron chi connectivity index (χ3n) is 3.36. The fourth-order valence-corrected chi connectivity index (χ4v) is 2.30. The Morgan fingerprint density at radius 2 is 1.36 bits per heavy atom. The summed E-state index contributed by atoms with van der Waals surface area (Å²) in [5.41, 5.74) is 2.60. The molecule has 2 amide bonds. The Morgan fingerprint density at radius 3 is 1.82 bits per heavy atom. The lowest BCUT2D eigenvalue weighted by Crippen LogP contribution is -2.22. The van der Waals surface area contributed by atoms with Crippen LogP contribution in [0.25, 0.3) is 0 Å². The molecule has 0 saturated heterocycles. The van der Waals surface area contributed by atoms with Crippen molar-refractivity contribution in [3.8, 4) is 0 Å². The summed E-state index contributed by atoms with van der Waals surface area (Å²) >= 11 is 5.81. The van der Waals surface area contributed by atoms with E-state index in [4.69, 9.17) is 11.6 Å². The summed E-state index contributed by atoms with van der Waals surface area (Å²) < 4.78 is 0. The van der Waals surface area contributed by atoms with E-state index >= 15 is 0 Å². The molecule has 0 unspecified atom stereocenters. The largest absolute Gasteiger partial charge is 0.372 e. The molecule has 0 atom stereocenters. The van der Waals surface area contributed by atoms with Crippen LogP contribution in [-0.2, 0) is 0 Å². The fraction of sp³-hybridized carbons (Fsp3) is 0.235. The second-order valence-electron chi connectivity index (χ2n) is 4.81. The van der Waals surface area contributed by atoms with Gasteiger partial charge in [-0.2, -0.15) is 0 Å². The lowest BCUT2D eigenvalue weighted by molar-refractivity contribution is 0.262. The SMILES string of the molecule is CCN(CC)c1ccc(NC(=O)Nc2ccc(Cl)cc2)cc1. The smallest absolute Gasteiger partial charge is 0.323 e. The van der Waals surface area contributed by atoms with Crippen molar-refractivity contribution in [3.63, 3.8) is 0 Å². The van der Waals surface area contributed by atoms with E-state index in [9.17, 15) is 4.79 Å². The van der Waals surface area contributed by atoms with E-state index in [2.05, 4.69) is 29.4 Å². The topological polar surface area (TPSA) is 44.4 Å². The third kappa shape index (κ3) is 4.40. The Morgan fingerprint density at radius 1 is 0.909 bits per heavy atom. The molecule has 0 aliphatic rings. The van der Waals surface area contributed by atoms with Crippen molar-refractivity contribution >= 4 is 34.7 Å². The van der Waals surface area contributed by atoms with E-state index in [-0.39, 0.29) is 6.03 Å². The molecule has 0 heterocycles. The molecule has 0 bridgehead atoms. The number of nitrogens with one attached hydrogen (secondary N) is 2. The number of nitrogens with zero attached hydrogens (tertiary/aromatic N) is 1. The molecule has 0 radical (unpaired) electrons. The van der Waals surface area contributed by atoms with Gasteiger partial charge in [-0.1, -0.05) is 11.6 Å². The van der Waals surface area contributed by atoms with E-state index < -0.39 is 0 Å². The molecule has 5 heteroatoms. The summed E-state index contributed by atoms with van der Waals surface area (Å²) in [5.74, 6) is 0. The summed E-state index contributed by atoms with van der Waals surface area (Å²) in [6.45, 7) is 6.16. The maximum absolute atomic E-state index is 11.9. The highest BCUT2D eigenvalue weighted by molar-refractivity contribution is 6.30. The molecule has 0 aromatic heterocycles. The van der Waals surface area contributed by atoms with Crippen LogP contribution >= 0.6 is 11.6 Å². The number of amides is 2. The van der Waals surface area contributed by atoms with Gasteiger partial charge in [0.05, 0.1) is 0 Å². The van der Waals surface area contributed by atoms with E-state index in [1.807, 2.05) is 24.3 Å². The zero-order valence-corrected chi connectivity index (χ0v) is 13.5. The van der Waals surface area contributed by atoms with Gasteiger partial charge in [0, 0.05) is 35.2 Å². The molecule has 2 rings (SSSR count). The van der Waals surface area contributed by atoms with Gasteiger partial charge in [-0.25, -0.2) is 4.79 Å². The lowest BCUT2D eigenvalue weighted by Gasteiger charge is -2.21. The number of hydrogen-bond acceptors (Lipinski definition) is 2. The Bertz CT molecular complexity index is 607. The summed E-state index contributed by atoms with van der Waals surface area (Å²) in [6, 6.07) is 14.5. The first-order valence-electron chi connectivity index (χ1n) is 7.31. The monoisotopic (exact) mass is 317 g/mol. The summed E-state index contributed by atoms with van der Waals surface area (Å²) in [5, 5.41) is 6.20. The van der Waals surface area contributed by atoms with Gasteiger partial charge in [0.25, 0.3) is 0 Å². The minimum absolute atomic E-state index is 0.280. The Hall–Kier alpha value is -2.20. The first-order chi connectivity index (χ1) is 10.6. The molecular formula is C17H20ClN3O. The van der Waals surface area contributed by atoms with Crippen molar-refractivity contribution in [2.45, 2.75) is 13.8 Å². The van der Waals surface area contributed by atoms with Crippen LogP contribution in [0.3, 0.4) is 0 Å². The molecule has 2 aromatic rings. The van der Waals surface area contributed by atoms with Gasteiger partial charge in [0.2, 0.25) is 0 Å². The van der Waals surface area contributed by atoms with Gasteiger partial charge in [-0.3, -0.25) is 0 Å². The van der Waals surface area contributed by atoms with Crippen LogP contribution < -0.4 is 15.5 Å². The number of carbonyl (C=O) groups is 1. The van der Waals surface area contributed by atoms with Crippen LogP contribution in [0.2, 0.25) is 5.02 Å². The molecule has 2 aromatic carbocycles. The van der Waals surface area contributed by atoms with Gasteiger partial charge >= 0.3 is 6.03 Å². The first-order valence-corrected chi connectivity index (χ1v) is 7.68. The zero-order valence-electron chi connectivity index (χ0n) is 12.8. The fourth-order valence-electron chi connectivity index (χ4n) is 2.17. The number of urea groups is 1. The second kappa shape index (κ2) is 7.71. The lowest BCUT2D eigenvalue weighted by atomic mass is 10.2. The second-order valence-corrected chi connectivity index (χ2v) is 5.24. The summed E-state index contributed by atoms with van der Waals surface area (Å²) in [7, 11) is 0.